The van der Waals surface area contributed by atoms with Crippen LogP contribution in [0.1, 0.15) is 30.5 Å². The smallest absolute Gasteiger partial charge is 0.165 e. The number of phenols is 1. The number of fused-ring (bicyclic) bond motifs is 2. The molecule has 0 fully saturated rings. The number of aromatic hydroxyl groups is 1. The highest BCUT2D eigenvalue weighted by atomic mass is 16.5. The van der Waals surface area contributed by atoms with Crippen molar-refractivity contribution in [2.75, 3.05) is 13.6 Å². The van der Waals surface area contributed by atoms with Crippen LogP contribution in [0.25, 0.3) is 0 Å². The van der Waals surface area contributed by atoms with Crippen molar-refractivity contribution in [2.24, 2.45) is 0 Å². The van der Waals surface area contributed by atoms with Crippen molar-refractivity contribution in [2.45, 2.75) is 45.3 Å². The largest absolute Gasteiger partial charge is 0.504 e. The van der Waals surface area contributed by atoms with E-state index in [4.69, 9.17) is 9.47 Å². The first-order valence-electron chi connectivity index (χ1n) is 6.99. The number of phenolic OH excluding ortho intramolecular Hbond substituents is 1. The third kappa shape index (κ3) is 1.94. The Morgan fingerprint density at radius 1 is 1.11 bits per heavy atom. The van der Waals surface area contributed by atoms with Crippen molar-refractivity contribution in [3.05, 3.63) is 16.7 Å². The van der Waals surface area contributed by atoms with Gasteiger partial charge in [0.25, 0.3) is 0 Å². The molecule has 1 aromatic carbocycles. The fraction of sp³-hybridized carbons (Fsp3) is 0.600. The number of ether oxygens (including phenoxy) is 2. The topological polar surface area (TPSA) is 50.7 Å². The van der Waals surface area contributed by atoms with Gasteiger partial charge in [-0.15, -0.1) is 0 Å². The molecule has 19 heavy (non-hydrogen) atoms. The lowest BCUT2D eigenvalue weighted by Gasteiger charge is -2.14. The van der Waals surface area contributed by atoms with Gasteiger partial charge in [-0.1, -0.05) is 0 Å². The summed E-state index contributed by atoms with van der Waals surface area (Å²) in [5.74, 6) is 1.89. The van der Waals surface area contributed by atoms with Gasteiger partial charge in [0.15, 0.2) is 11.5 Å². The van der Waals surface area contributed by atoms with Gasteiger partial charge in [-0.2, -0.15) is 0 Å². The van der Waals surface area contributed by atoms with E-state index in [1.165, 1.54) is 5.56 Å². The number of hydrogen-bond acceptors (Lipinski definition) is 4. The minimum atomic E-state index is 0.134. The summed E-state index contributed by atoms with van der Waals surface area (Å²) in [6.45, 7) is 4.97. The molecule has 0 bridgehead atoms. The highest BCUT2D eigenvalue weighted by molar-refractivity contribution is 5.65. The lowest BCUT2D eigenvalue weighted by Crippen LogP contribution is -2.13. The Morgan fingerprint density at radius 3 is 2.42 bits per heavy atom. The monoisotopic (exact) mass is 263 g/mol. The van der Waals surface area contributed by atoms with Gasteiger partial charge in [-0.05, 0) is 33.9 Å². The van der Waals surface area contributed by atoms with Crippen LogP contribution in [-0.2, 0) is 19.3 Å². The summed E-state index contributed by atoms with van der Waals surface area (Å²) < 4.78 is 11.7. The van der Waals surface area contributed by atoms with Crippen LogP contribution < -0.4 is 14.8 Å². The summed E-state index contributed by atoms with van der Waals surface area (Å²) in [6, 6.07) is 0. The zero-order valence-electron chi connectivity index (χ0n) is 11.7. The van der Waals surface area contributed by atoms with E-state index >= 15 is 0 Å². The maximum Gasteiger partial charge on any atom is 0.165 e. The van der Waals surface area contributed by atoms with Crippen LogP contribution in [0.3, 0.4) is 0 Å². The van der Waals surface area contributed by atoms with Crippen LogP contribution in [0.15, 0.2) is 0 Å². The molecule has 0 radical (unpaired) electrons. The predicted octanol–water partition coefficient (Wildman–Crippen LogP) is 1.80. The number of hydrogen-bond donors (Lipinski definition) is 2. The molecule has 0 saturated carbocycles. The first kappa shape index (κ1) is 12.6. The van der Waals surface area contributed by atoms with Gasteiger partial charge < -0.3 is 19.9 Å². The quantitative estimate of drug-likeness (QED) is 0.873. The maximum absolute atomic E-state index is 10.4. The molecule has 2 N–H and O–H groups in total. The molecule has 1 aromatic rings. The highest BCUT2D eigenvalue weighted by Gasteiger charge is 2.35. The Hall–Kier alpha value is -1.42. The Bertz CT molecular complexity index is 474. The van der Waals surface area contributed by atoms with Crippen LogP contribution in [-0.4, -0.2) is 30.9 Å². The number of likely N-dealkylation sites (N-methyl/N-ethyl adjacent to an activating group) is 1. The SMILES string of the molecule is CNCCc1c2c(c(O)c3c1OC(C)C3)OC(C)C2. The Balaban J connectivity index is 2.12. The fourth-order valence-corrected chi connectivity index (χ4v) is 3.09. The Kier molecular flexibility index (Phi) is 3.05. The molecule has 104 valence electrons. The Labute approximate surface area is 113 Å². The zero-order valence-corrected chi connectivity index (χ0v) is 11.7. The van der Waals surface area contributed by atoms with Crippen LogP contribution in [0.5, 0.6) is 17.2 Å². The Morgan fingerprint density at radius 2 is 1.74 bits per heavy atom. The number of rotatable bonds is 3. The normalized spacial score (nSPS) is 23.7. The minimum Gasteiger partial charge on any atom is -0.504 e. The molecule has 0 amide bonds. The number of benzene rings is 1. The van der Waals surface area contributed by atoms with Gasteiger partial charge in [0.1, 0.15) is 18.0 Å². The molecular formula is C15H21NO3. The number of nitrogens with one attached hydrogen (secondary N) is 1. The summed E-state index contributed by atoms with van der Waals surface area (Å²) in [5.41, 5.74) is 3.27. The minimum absolute atomic E-state index is 0.134. The molecule has 2 unspecified atom stereocenters. The van der Waals surface area contributed by atoms with E-state index in [0.717, 1.165) is 42.7 Å². The van der Waals surface area contributed by atoms with Crippen molar-refractivity contribution in [1.29, 1.82) is 0 Å². The molecular weight excluding hydrogens is 242 g/mol. The summed E-state index contributed by atoms with van der Waals surface area (Å²) >= 11 is 0. The van der Waals surface area contributed by atoms with Crippen molar-refractivity contribution < 1.29 is 14.6 Å². The summed E-state index contributed by atoms with van der Waals surface area (Å²) in [4.78, 5) is 0. The molecule has 2 aliphatic heterocycles. The molecule has 4 heteroatoms. The van der Waals surface area contributed by atoms with E-state index < -0.39 is 0 Å². The fourth-order valence-electron chi connectivity index (χ4n) is 3.09. The molecule has 0 saturated heterocycles. The molecule has 0 aromatic heterocycles. The zero-order chi connectivity index (χ0) is 13.6. The van der Waals surface area contributed by atoms with Crippen LogP contribution >= 0.6 is 0 Å². The van der Waals surface area contributed by atoms with Gasteiger partial charge in [0.2, 0.25) is 0 Å². The third-order valence-electron chi connectivity index (χ3n) is 3.93. The van der Waals surface area contributed by atoms with Crippen molar-refractivity contribution in [3.63, 3.8) is 0 Å². The van der Waals surface area contributed by atoms with E-state index in [1.54, 1.807) is 0 Å². The van der Waals surface area contributed by atoms with E-state index in [0.29, 0.717) is 11.5 Å². The van der Waals surface area contributed by atoms with E-state index in [-0.39, 0.29) is 12.2 Å². The second kappa shape index (κ2) is 4.60. The standard InChI is InChI=1S/C15H21NO3/c1-8-6-11-10(4-5-16-3)14-12(7-9(2)18-14)13(17)15(11)19-8/h8-9,16-17H,4-7H2,1-3H3. The summed E-state index contributed by atoms with van der Waals surface area (Å²) in [5, 5.41) is 13.6. The third-order valence-corrected chi connectivity index (χ3v) is 3.93. The van der Waals surface area contributed by atoms with E-state index in [1.807, 2.05) is 20.9 Å². The maximum atomic E-state index is 10.4. The van der Waals surface area contributed by atoms with Crippen molar-refractivity contribution >= 4 is 0 Å². The van der Waals surface area contributed by atoms with Gasteiger partial charge in [-0.3, -0.25) is 0 Å². The summed E-state index contributed by atoms with van der Waals surface area (Å²) in [6.07, 6.45) is 2.79. The van der Waals surface area contributed by atoms with Gasteiger partial charge in [-0.25, -0.2) is 0 Å². The molecule has 2 atom stereocenters. The van der Waals surface area contributed by atoms with E-state index in [9.17, 15) is 5.11 Å². The van der Waals surface area contributed by atoms with Gasteiger partial charge >= 0.3 is 0 Å². The predicted molar refractivity (Wildman–Crippen MR) is 73.3 cm³/mol. The first-order valence-corrected chi connectivity index (χ1v) is 6.99. The summed E-state index contributed by atoms with van der Waals surface area (Å²) in [7, 11) is 1.95. The first-order chi connectivity index (χ1) is 9.11. The molecule has 0 spiro atoms. The molecule has 4 nitrogen and oxygen atoms in total. The van der Waals surface area contributed by atoms with Gasteiger partial charge in [0, 0.05) is 29.5 Å². The van der Waals surface area contributed by atoms with Crippen LogP contribution in [0.2, 0.25) is 0 Å². The van der Waals surface area contributed by atoms with E-state index in [2.05, 4.69) is 5.32 Å². The second-order valence-electron chi connectivity index (χ2n) is 5.56. The molecule has 2 heterocycles. The van der Waals surface area contributed by atoms with Crippen molar-refractivity contribution in [3.8, 4) is 17.2 Å². The van der Waals surface area contributed by atoms with Crippen LogP contribution in [0, 0.1) is 0 Å². The lowest BCUT2D eigenvalue weighted by molar-refractivity contribution is 0.244. The molecule has 0 aliphatic carbocycles. The molecule has 2 aliphatic rings. The van der Waals surface area contributed by atoms with Gasteiger partial charge in [0.05, 0.1) is 0 Å². The van der Waals surface area contributed by atoms with Crippen LogP contribution in [0.4, 0.5) is 0 Å². The second-order valence-corrected chi connectivity index (χ2v) is 5.56. The highest BCUT2D eigenvalue weighted by Crippen LogP contribution is 2.50. The average Bonchev–Trinajstić information content (AvgIpc) is 2.93. The lowest BCUT2D eigenvalue weighted by atomic mass is 9.95. The molecule has 3 rings (SSSR count). The van der Waals surface area contributed by atoms with Crippen molar-refractivity contribution in [1.82, 2.24) is 5.32 Å². The average molecular weight is 263 g/mol.